The minimum atomic E-state index is -0.139. The maximum absolute atomic E-state index is 12.1. The van der Waals surface area contributed by atoms with E-state index in [4.69, 9.17) is 9.47 Å². The number of methoxy groups -OCH3 is 1. The van der Waals surface area contributed by atoms with Crippen molar-refractivity contribution in [3.05, 3.63) is 42.0 Å². The van der Waals surface area contributed by atoms with Gasteiger partial charge in [-0.15, -0.1) is 10.2 Å². The average Bonchev–Trinajstić information content (AvgIpc) is 3.15. The molecule has 1 aliphatic rings. The Morgan fingerprint density at radius 2 is 1.96 bits per heavy atom. The van der Waals surface area contributed by atoms with Gasteiger partial charge in [0.05, 0.1) is 19.6 Å². The Morgan fingerprint density at radius 3 is 2.60 bits per heavy atom. The van der Waals surface area contributed by atoms with E-state index in [0.29, 0.717) is 11.6 Å². The van der Waals surface area contributed by atoms with Crippen LogP contribution < -0.4 is 15.4 Å². The van der Waals surface area contributed by atoms with E-state index >= 15 is 0 Å². The van der Waals surface area contributed by atoms with Crippen LogP contribution >= 0.6 is 0 Å². The molecule has 1 aromatic heterocycles. The van der Waals surface area contributed by atoms with Crippen molar-refractivity contribution >= 4 is 17.5 Å². The lowest BCUT2D eigenvalue weighted by Crippen LogP contribution is -2.19. The second-order valence-corrected chi connectivity index (χ2v) is 5.89. The molecular weight excluding hydrogens is 320 g/mol. The molecular formula is C18H22N4O3. The Kier molecular flexibility index (Phi) is 5.79. The molecule has 0 aliphatic carbocycles. The Balaban J connectivity index is 1.47. The maximum atomic E-state index is 12.1. The molecule has 2 heterocycles. The second-order valence-electron chi connectivity index (χ2n) is 5.89. The Labute approximate surface area is 146 Å². The van der Waals surface area contributed by atoms with E-state index < -0.39 is 0 Å². The molecule has 7 nitrogen and oxygen atoms in total. The first kappa shape index (κ1) is 17.2. The van der Waals surface area contributed by atoms with Crippen LogP contribution in [0, 0.1) is 0 Å². The van der Waals surface area contributed by atoms with Gasteiger partial charge in [-0.2, -0.15) is 0 Å². The molecule has 1 atom stereocenters. The largest absolute Gasteiger partial charge is 0.497 e. The summed E-state index contributed by atoms with van der Waals surface area (Å²) >= 11 is 0. The van der Waals surface area contributed by atoms with Gasteiger partial charge >= 0.3 is 0 Å². The van der Waals surface area contributed by atoms with Gasteiger partial charge in [-0.05, 0) is 42.7 Å². The van der Waals surface area contributed by atoms with Gasteiger partial charge in [-0.3, -0.25) is 4.79 Å². The molecule has 1 saturated heterocycles. The van der Waals surface area contributed by atoms with Crippen LogP contribution in [-0.4, -0.2) is 42.5 Å². The predicted octanol–water partition coefficient (Wildman–Crippen LogP) is 2.26. The Hall–Kier alpha value is -2.67. The molecule has 0 bridgehead atoms. The van der Waals surface area contributed by atoms with E-state index in [-0.39, 0.29) is 18.4 Å². The van der Waals surface area contributed by atoms with Crippen LogP contribution in [0.1, 0.15) is 18.4 Å². The quantitative estimate of drug-likeness (QED) is 0.803. The third kappa shape index (κ3) is 5.15. The van der Waals surface area contributed by atoms with E-state index in [0.717, 1.165) is 37.3 Å². The number of hydrogen-bond acceptors (Lipinski definition) is 6. The van der Waals surface area contributed by atoms with Crippen LogP contribution in [0.3, 0.4) is 0 Å². The highest BCUT2D eigenvalue weighted by Gasteiger charge is 2.15. The van der Waals surface area contributed by atoms with E-state index in [1.165, 1.54) is 0 Å². The number of carbonyl (C=O) groups excluding carboxylic acids is 1. The zero-order valence-corrected chi connectivity index (χ0v) is 14.2. The van der Waals surface area contributed by atoms with Crippen molar-refractivity contribution in [2.45, 2.75) is 25.4 Å². The standard InChI is InChI=1S/C18H22N4O3/c1-24-14-6-4-13(5-7-14)11-18(23)20-17-9-8-16(21-22-17)19-12-15-3-2-10-25-15/h4-9,15H,2-3,10-12H2,1H3,(H,19,21)(H,20,22,23). The number of benzene rings is 1. The van der Waals surface area contributed by atoms with Gasteiger partial charge in [0.25, 0.3) is 0 Å². The summed E-state index contributed by atoms with van der Waals surface area (Å²) in [6.07, 6.45) is 2.69. The summed E-state index contributed by atoms with van der Waals surface area (Å²) in [5.74, 6) is 1.73. The number of anilines is 2. The summed E-state index contributed by atoms with van der Waals surface area (Å²) in [5.41, 5.74) is 0.904. The van der Waals surface area contributed by atoms with Crippen LogP contribution in [-0.2, 0) is 16.0 Å². The van der Waals surface area contributed by atoms with E-state index in [2.05, 4.69) is 20.8 Å². The molecule has 7 heteroatoms. The minimum Gasteiger partial charge on any atom is -0.497 e. The van der Waals surface area contributed by atoms with E-state index in [1.807, 2.05) is 24.3 Å². The minimum absolute atomic E-state index is 0.139. The average molecular weight is 342 g/mol. The fourth-order valence-corrected chi connectivity index (χ4v) is 2.63. The van der Waals surface area contributed by atoms with Gasteiger partial charge in [-0.1, -0.05) is 12.1 Å². The number of aromatic nitrogens is 2. The van der Waals surface area contributed by atoms with Gasteiger partial charge in [-0.25, -0.2) is 0 Å². The van der Waals surface area contributed by atoms with Crippen LogP contribution in [0.5, 0.6) is 5.75 Å². The first-order valence-corrected chi connectivity index (χ1v) is 8.35. The highest BCUT2D eigenvalue weighted by atomic mass is 16.5. The van der Waals surface area contributed by atoms with Crippen molar-refractivity contribution in [2.24, 2.45) is 0 Å². The summed E-state index contributed by atoms with van der Waals surface area (Å²) < 4.78 is 10.6. The van der Waals surface area contributed by atoms with Gasteiger partial charge < -0.3 is 20.1 Å². The highest BCUT2D eigenvalue weighted by Crippen LogP contribution is 2.14. The topological polar surface area (TPSA) is 85.4 Å². The molecule has 132 valence electrons. The number of rotatable bonds is 7. The van der Waals surface area contributed by atoms with Crippen LogP contribution in [0.25, 0.3) is 0 Å². The van der Waals surface area contributed by atoms with Gasteiger partial charge in [0.1, 0.15) is 11.6 Å². The summed E-state index contributed by atoms with van der Waals surface area (Å²) in [6.45, 7) is 1.55. The summed E-state index contributed by atoms with van der Waals surface area (Å²) in [7, 11) is 1.61. The van der Waals surface area contributed by atoms with Gasteiger partial charge in [0.2, 0.25) is 5.91 Å². The molecule has 1 unspecified atom stereocenters. The van der Waals surface area contributed by atoms with Crippen LogP contribution in [0.4, 0.5) is 11.6 Å². The monoisotopic (exact) mass is 342 g/mol. The zero-order chi connectivity index (χ0) is 17.5. The van der Waals surface area contributed by atoms with Crippen molar-refractivity contribution in [3.8, 4) is 5.75 Å². The van der Waals surface area contributed by atoms with Crippen molar-refractivity contribution in [2.75, 3.05) is 30.9 Å². The summed E-state index contributed by atoms with van der Waals surface area (Å²) in [5, 5.41) is 14.0. The second kappa shape index (κ2) is 8.43. The Morgan fingerprint density at radius 1 is 1.20 bits per heavy atom. The molecule has 0 radical (unpaired) electrons. The summed E-state index contributed by atoms with van der Waals surface area (Å²) in [6, 6.07) is 10.9. The first-order chi connectivity index (χ1) is 12.2. The normalized spacial score (nSPS) is 16.4. The molecule has 1 fully saturated rings. The van der Waals surface area contributed by atoms with Gasteiger partial charge in [0.15, 0.2) is 5.82 Å². The van der Waals surface area contributed by atoms with Crippen molar-refractivity contribution in [1.29, 1.82) is 0 Å². The molecule has 1 aliphatic heterocycles. The predicted molar refractivity (Wildman–Crippen MR) is 94.8 cm³/mol. The molecule has 0 spiro atoms. The molecule has 1 aromatic carbocycles. The lowest BCUT2D eigenvalue weighted by Gasteiger charge is -2.11. The molecule has 2 aromatic rings. The summed E-state index contributed by atoms with van der Waals surface area (Å²) in [4.78, 5) is 12.1. The number of nitrogens with one attached hydrogen (secondary N) is 2. The number of carbonyl (C=O) groups is 1. The fourth-order valence-electron chi connectivity index (χ4n) is 2.63. The van der Waals surface area contributed by atoms with E-state index in [1.54, 1.807) is 19.2 Å². The fraction of sp³-hybridized carbons (Fsp3) is 0.389. The third-order valence-electron chi connectivity index (χ3n) is 3.99. The lowest BCUT2D eigenvalue weighted by molar-refractivity contribution is -0.115. The molecule has 2 N–H and O–H groups in total. The van der Waals surface area contributed by atoms with Crippen LogP contribution in [0.2, 0.25) is 0 Å². The molecule has 3 rings (SSSR count). The maximum Gasteiger partial charge on any atom is 0.229 e. The van der Waals surface area contributed by atoms with Crippen molar-refractivity contribution < 1.29 is 14.3 Å². The molecule has 1 amide bonds. The number of amides is 1. The first-order valence-electron chi connectivity index (χ1n) is 8.35. The van der Waals surface area contributed by atoms with E-state index in [9.17, 15) is 4.79 Å². The van der Waals surface area contributed by atoms with Gasteiger partial charge in [0, 0.05) is 13.2 Å². The lowest BCUT2D eigenvalue weighted by atomic mass is 10.1. The molecule has 25 heavy (non-hydrogen) atoms. The number of hydrogen-bond donors (Lipinski definition) is 2. The smallest absolute Gasteiger partial charge is 0.229 e. The molecule has 0 saturated carbocycles. The van der Waals surface area contributed by atoms with Crippen molar-refractivity contribution in [3.63, 3.8) is 0 Å². The third-order valence-corrected chi connectivity index (χ3v) is 3.99. The van der Waals surface area contributed by atoms with Crippen molar-refractivity contribution in [1.82, 2.24) is 10.2 Å². The van der Waals surface area contributed by atoms with Crippen LogP contribution in [0.15, 0.2) is 36.4 Å². The number of ether oxygens (including phenoxy) is 2. The highest BCUT2D eigenvalue weighted by molar-refractivity contribution is 5.91. The number of nitrogens with zero attached hydrogens (tertiary/aromatic N) is 2. The Bertz CT molecular complexity index is 682. The zero-order valence-electron chi connectivity index (χ0n) is 14.2. The SMILES string of the molecule is COc1ccc(CC(=O)Nc2ccc(NCC3CCCO3)nn2)cc1.